The Morgan fingerprint density at radius 1 is 1.15 bits per heavy atom. The molecule has 8 nitrogen and oxygen atoms in total. The molecule has 1 N–H and O–H groups in total. The molecule has 0 spiro atoms. The van der Waals surface area contributed by atoms with Crippen LogP contribution >= 0.6 is 0 Å². The van der Waals surface area contributed by atoms with E-state index in [0.29, 0.717) is 19.4 Å². The summed E-state index contributed by atoms with van der Waals surface area (Å²) in [7, 11) is 1.25. The number of aliphatic hydroxyl groups is 1. The fourth-order valence-electron chi connectivity index (χ4n) is 3.65. The van der Waals surface area contributed by atoms with E-state index in [1.54, 1.807) is 0 Å². The molecule has 27 heavy (non-hydrogen) atoms. The Morgan fingerprint density at radius 2 is 1.89 bits per heavy atom. The fourth-order valence-corrected chi connectivity index (χ4v) is 3.65. The molecule has 2 heterocycles. The summed E-state index contributed by atoms with van der Waals surface area (Å²) >= 11 is 0. The molecule has 0 radical (unpaired) electrons. The second-order valence-corrected chi connectivity index (χ2v) is 6.81. The maximum atomic E-state index is 13.0. The van der Waals surface area contributed by atoms with Crippen molar-refractivity contribution in [2.75, 3.05) is 20.2 Å². The van der Waals surface area contributed by atoms with Gasteiger partial charge >= 0.3 is 12.1 Å². The first kappa shape index (κ1) is 19.2. The molecule has 3 rings (SSSR count). The molecule has 0 saturated carbocycles. The molecule has 8 heteroatoms. The number of likely N-dealkylation sites (tertiary alicyclic amines) is 2. The van der Waals surface area contributed by atoms with Gasteiger partial charge in [0.1, 0.15) is 18.7 Å². The molecule has 2 fully saturated rings. The highest BCUT2D eigenvalue weighted by atomic mass is 16.6. The van der Waals surface area contributed by atoms with E-state index in [9.17, 15) is 19.5 Å². The molecule has 0 aliphatic carbocycles. The van der Waals surface area contributed by atoms with Gasteiger partial charge in [0.05, 0.1) is 13.2 Å². The first-order chi connectivity index (χ1) is 13.0. The van der Waals surface area contributed by atoms with Crippen molar-refractivity contribution in [1.29, 1.82) is 0 Å². The quantitative estimate of drug-likeness (QED) is 0.785. The van der Waals surface area contributed by atoms with Crippen LogP contribution < -0.4 is 0 Å². The van der Waals surface area contributed by atoms with Crippen LogP contribution in [0.2, 0.25) is 0 Å². The predicted molar refractivity (Wildman–Crippen MR) is 94.5 cm³/mol. The minimum Gasteiger partial charge on any atom is -0.467 e. The summed E-state index contributed by atoms with van der Waals surface area (Å²) in [6, 6.07) is 7.79. The van der Waals surface area contributed by atoms with Crippen LogP contribution in [0.3, 0.4) is 0 Å². The van der Waals surface area contributed by atoms with E-state index in [1.807, 2.05) is 30.3 Å². The second kappa shape index (κ2) is 8.39. The summed E-state index contributed by atoms with van der Waals surface area (Å²) in [5, 5.41) is 9.88. The SMILES string of the molecule is COC(=O)[C@@H]1C[C@@H](O)CN1C(=O)[C@@H]1CCCN1C(=O)OCc1ccccc1. The number of methoxy groups -OCH3 is 1. The highest BCUT2D eigenvalue weighted by Crippen LogP contribution is 2.26. The van der Waals surface area contributed by atoms with E-state index in [2.05, 4.69) is 0 Å². The van der Waals surface area contributed by atoms with E-state index in [4.69, 9.17) is 9.47 Å². The number of benzene rings is 1. The van der Waals surface area contributed by atoms with Gasteiger partial charge in [-0.25, -0.2) is 9.59 Å². The molecule has 3 atom stereocenters. The van der Waals surface area contributed by atoms with Gasteiger partial charge in [-0.3, -0.25) is 9.69 Å². The number of rotatable bonds is 4. The lowest BCUT2D eigenvalue weighted by Gasteiger charge is -2.29. The molecule has 0 bridgehead atoms. The molecule has 0 unspecified atom stereocenters. The molecule has 146 valence electrons. The van der Waals surface area contributed by atoms with Crippen LogP contribution in [-0.2, 0) is 25.7 Å². The number of β-amino-alcohol motifs (C(OH)–C–C–N with tert-alkyl or cyclic N) is 1. The lowest BCUT2D eigenvalue weighted by molar-refractivity contribution is -0.152. The van der Waals surface area contributed by atoms with Crippen LogP contribution in [0, 0.1) is 0 Å². The Morgan fingerprint density at radius 3 is 2.59 bits per heavy atom. The summed E-state index contributed by atoms with van der Waals surface area (Å²) < 4.78 is 10.1. The van der Waals surface area contributed by atoms with Crippen LogP contribution in [-0.4, -0.2) is 71.3 Å². The first-order valence-electron chi connectivity index (χ1n) is 9.05. The van der Waals surface area contributed by atoms with E-state index in [1.165, 1.54) is 16.9 Å². The molecule has 1 aromatic carbocycles. The van der Waals surface area contributed by atoms with Gasteiger partial charge in [0.15, 0.2) is 0 Å². The summed E-state index contributed by atoms with van der Waals surface area (Å²) in [5.41, 5.74) is 0.862. The zero-order chi connectivity index (χ0) is 19.4. The van der Waals surface area contributed by atoms with Crippen molar-refractivity contribution >= 4 is 18.0 Å². The first-order valence-corrected chi connectivity index (χ1v) is 9.05. The molecule has 2 aliphatic rings. The number of amides is 2. The fraction of sp³-hybridized carbons (Fsp3) is 0.526. The van der Waals surface area contributed by atoms with Crippen LogP contribution in [0.4, 0.5) is 4.79 Å². The van der Waals surface area contributed by atoms with Gasteiger partial charge < -0.3 is 19.5 Å². The van der Waals surface area contributed by atoms with E-state index < -0.39 is 30.3 Å². The van der Waals surface area contributed by atoms with Gasteiger partial charge in [0, 0.05) is 19.5 Å². The maximum Gasteiger partial charge on any atom is 0.410 e. The largest absolute Gasteiger partial charge is 0.467 e. The van der Waals surface area contributed by atoms with Gasteiger partial charge in [-0.1, -0.05) is 30.3 Å². The van der Waals surface area contributed by atoms with Gasteiger partial charge in [-0.2, -0.15) is 0 Å². The van der Waals surface area contributed by atoms with Crippen molar-refractivity contribution < 1.29 is 29.0 Å². The van der Waals surface area contributed by atoms with Gasteiger partial charge in [0.25, 0.3) is 0 Å². The van der Waals surface area contributed by atoms with Crippen molar-refractivity contribution in [3.05, 3.63) is 35.9 Å². The summed E-state index contributed by atoms with van der Waals surface area (Å²) in [6.07, 6.45) is -0.0126. The molecular formula is C19H24N2O6. The number of ether oxygens (including phenoxy) is 2. The van der Waals surface area contributed by atoms with Gasteiger partial charge in [-0.05, 0) is 18.4 Å². The summed E-state index contributed by atoms with van der Waals surface area (Å²) in [6.45, 7) is 0.607. The lowest BCUT2D eigenvalue weighted by atomic mass is 10.1. The third-order valence-electron chi connectivity index (χ3n) is 5.01. The van der Waals surface area contributed by atoms with Crippen LogP contribution in [0.25, 0.3) is 0 Å². The molecule has 2 amide bonds. The van der Waals surface area contributed by atoms with Crippen molar-refractivity contribution in [2.45, 2.75) is 44.1 Å². The Kier molecular flexibility index (Phi) is 5.95. The van der Waals surface area contributed by atoms with E-state index in [0.717, 1.165) is 5.56 Å². The van der Waals surface area contributed by atoms with E-state index in [-0.39, 0.29) is 25.5 Å². The average Bonchev–Trinajstić information content (AvgIpc) is 3.32. The zero-order valence-electron chi connectivity index (χ0n) is 15.2. The number of hydrogen-bond donors (Lipinski definition) is 1. The standard InChI is InChI=1S/C19H24N2O6/c1-26-18(24)16-10-14(22)11-21(16)17(23)15-8-5-9-20(15)19(25)27-12-13-6-3-2-4-7-13/h2-4,6-7,14-16,22H,5,8-12H2,1H3/t14-,15+,16+/m1/s1. The molecule has 0 aromatic heterocycles. The Bertz CT molecular complexity index is 695. The molecular weight excluding hydrogens is 352 g/mol. The zero-order valence-corrected chi connectivity index (χ0v) is 15.2. The summed E-state index contributed by atoms with van der Waals surface area (Å²) in [4.78, 5) is 40.1. The topological polar surface area (TPSA) is 96.4 Å². The molecule has 1 aromatic rings. The number of carbonyl (C=O) groups is 3. The van der Waals surface area contributed by atoms with Gasteiger partial charge in [0.2, 0.25) is 5.91 Å². The number of carbonyl (C=O) groups excluding carboxylic acids is 3. The third-order valence-corrected chi connectivity index (χ3v) is 5.01. The highest BCUT2D eigenvalue weighted by Gasteiger charge is 2.45. The van der Waals surface area contributed by atoms with Crippen molar-refractivity contribution in [2.24, 2.45) is 0 Å². The van der Waals surface area contributed by atoms with Crippen LogP contribution in [0.1, 0.15) is 24.8 Å². The maximum absolute atomic E-state index is 13.0. The Hall–Kier alpha value is -2.61. The molecule has 2 saturated heterocycles. The minimum atomic E-state index is -0.819. The number of esters is 1. The summed E-state index contributed by atoms with van der Waals surface area (Å²) in [5.74, 6) is -0.910. The smallest absolute Gasteiger partial charge is 0.410 e. The second-order valence-electron chi connectivity index (χ2n) is 6.81. The van der Waals surface area contributed by atoms with Gasteiger partial charge in [-0.15, -0.1) is 0 Å². The lowest BCUT2D eigenvalue weighted by Crippen LogP contribution is -2.51. The predicted octanol–water partition coefficient (Wildman–Crippen LogP) is 0.922. The normalized spacial score (nSPS) is 24.7. The van der Waals surface area contributed by atoms with Crippen molar-refractivity contribution in [3.63, 3.8) is 0 Å². The van der Waals surface area contributed by atoms with Crippen LogP contribution in [0.5, 0.6) is 0 Å². The number of hydrogen-bond acceptors (Lipinski definition) is 6. The van der Waals surface area contributed by atoms with Crippen molar-refractivity contribution in [3.8, 4) is 0 Å². The average molecular weight is 376 g/mol. The monoisotopic (exact) mass is 376 g/mol. The highest BCUT2D eigenvalue weighted by molar-refractivity contribution is 5.90. The third kappa shape index (κ3) is 4.21. The minimum absolute atomic E-state index is 0.0575. The Labute approximate surface area is 157 Å². The Balaban J connectivity index is 1.65. The van der Waals surface area contributed by atoms with Crippen LogP contribution in [0.15, 0.2) is 30.3 Å². The van der Waals surface area contributed by atoms with E-state index >= 15 is 0 Å². The number of nitrogens with zero attached hydrogens (tertiary/aromatic N) is 2. The number of aliphatic hydroxyl groups excluding tert-OH is 1. The van der Waals surface area contributed by atoms with Crippen molar-refractivity contribution in [1.82, 2.24) is 9.80 Å². The molecule has 2 aliphatic heterocycles.